The number of hydrogen-bond donors (Lipinski definition) is 2. The number of rotatable bonds is 2. The molecule has 1 fully saturated rings. The molecule has 2 unspecified atom stereocenters. The molecule has 1 aromatic rings. The number of nitrogens with one attached hydrogen (secondary N) is 1. The van der Waals surface area contributed by atoms with Crippen LogP contribution in [0.15, 0.2) is 28.7 Å². The van der Waals surface area contributed by atoms with Crippen LogP contribution in [0.4, 0.5) is 0 Å². The average Bonchev–Trinajstić information content (AvgIpc) is 2.63. The van der Waals surface area contributed by atoms with Gasteiger partial charge in [0.15, 0.2) is 0 Å². The normalized spacial score (nSPS) is 29.2. The largest absolute Gasteiger partial charge is 0.480 e. The van der Waals surface area contributed by atoms with Crippen molar-refractivity contribution in [2.75, 3.05) is 6.54 Å². The van der Waals surface area contributed by atoms with Gasteiger partial charge in [-0.05, 0) is 30.9 Å². The monoisotopic (exact) mass is 283 g/mol. The van der Waals surface area contributed by atoms with Gasteiger partial charge in [-0.15, -0.1) is 0 Å². The Bertz CT molecular complexity index is 421. The van der Waals surface area contributed by atoms with Crippen molar-refractivity contribution in [3.63, 3.8) is 0 Å². The fraction of sp³-hybridized carbons (Fsp3) is 0.417. The first-order valence-electron chi connectivity index (χ1n) is 5.26. The zero-order valence-electron chi connectivity index (χ0n) is 9.03. The van der Waals surface area contributed by atoms with Gasteiger partial charge >= 0.3 is 5.97 Å². The number of carbonyl (C=O) groups is 1. The number of hydrogen-bond acceptors (Lipinski definition) is 2. The van der Waals surface area contributed by atoms with Gasteiger partial charge in [0.25, 0.3) is 0 Å². The Balaban J connectivity index is 2.22. The van der Waals surface area contributed by atoms with Crippen LogP contribution in [-0.4, -0.2) is 23.2 Å². The third-order valence-electron chi connectivity index (χ3n) is 3.21. The predicted molar refractivity (Wildman–Crippen MR) is 65.5 cm³/mol. The lowest BCUT2D eigenvalue weighted by Crippen LogP contribution is -2.44. The highest BCUT2D eigenvalue weighted by Gasteiger charge is 2.41. The highest BCUT2D eigenvalue weighted by Crippen LogP contribution is 2.35. The van der Waals surface area contributed by atoms with E-state index in [0.717, 1.165) is 4.47 Å². The Labute approximate surface area is 103 Å². The van der Waals surface area contributed by atoms with Crippen LogP contribution in [0, 0.1) is 0 Å². The van der Waals surface area contributed by atoms with Crippen molar-refractivity contribution in [2.24, 2.45) is 0 Å². The van der Waals surface area contributed by atoms with Gasteiger partial charge in [-0.3, -0.25) is 4.79 Å². The minimum atomic E-state index is -0.792. The number of carboxylic acid groups (broad SMARTS) is 1. The van der Waals surface area contributed by atoms with Gasteiger partial charge < -0.3 is 10.4 Å². The Morgan fingerprint density at radius 3 is 2.81 bits per heavy atom. The van der Waals surface area contributed by atoms with Gasteiger partial charge in [-0.2, -0.15) is 0 Å². The molecule has 3 nitrogen and oxygen atoms in total. The Morgan fingerprint density at radius 1 is 1.56 bits per heavy atom. The summed E-state index contributed by atoms with van der Waals surface area (Å²) in [6.45, 7) is 2.46. The third kappa shape index (κ3) is 1.99. The van der Waals surface area contributed by atoms with E-state index < -0.39 is 11.5 Å². The molecule has 1 aliphatic rings. The smallest absolute Gasteiger partial charge is 0.323 e. The lowest BCUT2D eigenvalue weighted by molar-refractivity contribution is -0.143. The molecule has 2 atom stereocenters. The van der Waals surface area contributed by atoms with E-state index in [1.807, 2.05) is 24.3 Å². The maximum atomic E-state index is 11.1. The van der Waals surface area contributed by atoms with Crippen LogP contribution in [0.25, 0.3) is 0 Å². The van der Waals surface area contributed by atoms with Gasteiger partial charge in [0.1, 0.15) is 5.54 Å². The van der Waals surface area contributed by atoms with Gasteiger partial charge in [-0.1, -0.05) is 34.1 Å². The quantitative estimate of drug-likeness (QED) is 0.876. The van der Waals surface area contributed by atoms with Gasteiger partial charge in [0, 0.05) is 11.0 Å². The second kappa shape index (κ2) is 4.18. The first-order valence-corrected chi connectivity index (χ1v) is 6.05. The molecule has 0 saturated carbocycles. The molecule has 86 valence electrons. The zero-order valence-corrected chi connectivity index (χ0v) is 10.6. The standard InChI is InChI=1S/C12H14BrNO2/c1-12(11(15)16)6-8(7-14-12)9-4-2-3-5-10(9)13/h2-5,8,14H,6-7H2,1H3,(H,15,16). The van der Waals surface area contributed by atoms with Crippen molar-refractivity contribution in [3.8, 4) is 0 Å². The van der Waals surface area contributed by atoms with E-state index in [9.17, 15) is 4.79 Å². The summed E-state index contributed by atoms with van der Waals surface area (Å²) < 4.78 is 1.05. The molecular formula is C12H14BrNO2. The van der Waals surface area contributed by atoms with Crippen molar-refractivity contribution in [3.05, 3.63) is 34.3 Å². The predicted octanol–water partition coefficient (Wildman–Crippen LogP) is 2.37. The van der Waals surface area contributed by atoms with Gasteiger partial charge in [0.05, 0.1) is 0 Å². The maximum Gasteiger partial charge on any atom is 0.323 e. The lowest BCUT2D eigenvalue weighted by Gasteiger charge is -2.18. The second-order valence-electron chi connectivity index (χ2n) is 4.44. The van der Waals surface area contributed by atoms with Crippen LogP contribution in [0.5, 0.6) is 0 Å². The van der Waals surface area contributed by atoms with Crippen molar-refractivity contribution < 1.29 is 9.90 Å². The van der Waals surface area contributed by atoms with Crippen LogP contribution in [0.2, 0.25) is 0 Å². The summed E-state index contributed by atoms with van der Waals surface area (Å²) in [5.74, 6) is -0.515. The molecular weight excluding hydrogens is 270 g/mol. The summed E-state index contributed by atoms with van der Waals surface area (Å²) in [6, 6.07) is 7.98. The molecule has 16 heavy (non-hydrogen) atoms. The number of benzene rings is 1. The molecule has 4 heteroatoms. The molecule has 0 radical (unpaired) electrons. The Morgan fingerprint density at radius 2 is 2.25 bits per heavy atom. The van der Waals surface area contributed by atoms with Crippen molar-refractivity contribution in [1.29, 1.82) is 0 Å². The van der Waals surface area contributed by atoms with Gasteiger partial charge in [0.2, 0.25) is 0 Å². The van der Waals surface area contributed by atoms with Crippen LogP contribution in [0.1, 0.15) is 24.8 Å². The van der Waals surface area contributed by atoms with Crippen molar-refractivity contribution in [1.82, 2.24) is 5.32 Å². The molecule has 1 heterocycles. The Kier molecular flexibility index (Phi) is 3.04. The van der Waals surface area contributed by atoms with Gasteiger partial charge in [-0.25, -0.2) is 0 Å². The van der Waals surface area contributed by atoms with Crippen LogP contribution in [0.3, 0.4) is 0 Å². The van der Waals surface area contributed by atoms with E-state index in [1.165, 1.54) is 5.56 Å². The van der Waals surface area contributed by atoms with E-state index in [0.29, 0.717) is 13.0 Å². The van der Waals surface area contributed by atoms with E-state index in [1.54, 1.807) is 6.92 Å². The molecule has 2 rings (SSSR count). The summed E-state index contributed by atoms with van der Waals surface area (Å²) in [5, 5.41) is 12.2. The molecule has 1 saturated heterocycles. The number of aliphatic carboxylic acids is 1. The molecule has 2 N–H and O–H groups in total. The SMILES string of the molecule is CC1(C(=O)O)CC(c2ccccc2Br)CN1. The van der Waals surface area contributed by atoms with E-state index in [-0.39, 0.29) is 5.92 Å². The van der Waals surface area contributed by atoms with Crippen molar-refractivity contribution in [2.45, 2.75) is 24.8 Å². The average molecular weight is 284 g/mol. The molecule has 1 aliphatic heterocycles. The minimum absolute atomic E-state index is 0.261. The van der Waals surface area contributed by atoms with E-state index in [4.69, 9.17) is 5.11 Å². The van der Waals surface area contributed by atoms with E-state index in [2.05, 4.69) is 21.2 Å². The number of halogens is 1. The summed E-state index contributed by atoms with van der Waals surface area (Å²) in [6.07, 6.45) is 0.630. The zero-order chi connectivity index (χ0) is 11.8. The summed E-state index contributed by atoms with van der Waals surface area (Å²) in [4.78, 5) is 11.1. The van der Waals surface area contributed by atoms with Crippen LogP contribution in [-0.2, 0) is 4.79 Å². The third-order valence-corrected chi connectivity index (χ3v) is 3.93. The molecule has 0 spiro atoms. The number of carboxylic acids is 1. The molecule has 0 amide bonds. The first kappa shape index (κ1) is 11.6. The first-order chi connectivity index (χ1) is 7.53. The van der Waals surface area contributed by atoms with E-state index >= 15 is 0 Å². The summed E-state index contributed by atoms with van der Waals surface area (Å²) >= 11 is 3.51. The minimum Gasteiger partial charge on any atom is -0.480 e. The second-order valence-corrected chi connectivity index (χ2v) is 5.30. The van der Waals surface area contributed by atoms with Crippen LogP contribution >= 0.6 is 15.9 Å². The lowest BCUT2D eigenvalue weighted by atomic mass is 9.90. The topological polar surface area (TPSA) is 49.3 Å². The highest BCUT2D eigenvalue weighted by atomic mass is 79.9. The molecule has 0 bridgehead atoms. The summed E-state index contributed by atoms with van der Waals surface area (Å²) in [5.41, 5.74) is 0.389. The molecule has 1 aromatic carbocycles. The summed E-state index contributed by atoms with van der Waals surface area (Å²) in [7, 11) is 0. The Hall–Kier alpha value is -0.870. The fourth-order valence-corrected chi connectivity index (χ4v) is 2.78. The molecule has 0 aliphatic carbocycles. The van der Waals surface area contributed by atoms with Crippen molar-refractivity contribution >= 4 is 21.9 Å². The fourth-order valence-electron chi connectivity index (χ4n) is 2.17. The molecule has 0 aromatic heterocycles. The maximum absolute atomic E-state index is 11.1. The highest BCUT2D eigenvalue weighted by molar-refractivity contribution is 9.10. The van der Waals surface area contributed by atoms with Crippen LogP contribution < -0.4 is 5.32 Å².